The van der Waals surface area contributed by atoms with E-state index in [2.05, 4.69) is 0 Å². The van der Waals surface area contributed by atoms with Gasteiger partial charge in [0.05, 0.1) is 5.92 Å². The summed E-state index contributed by atoms with van der Waals surface area (Å²) in [7, 11) is 0. The molecule has 1 aliphatic rings. The summed E-state index contributed by atoms with van der Waals surface area (Å²) in [5, 5.41) is 9.20. The summed E-state index contributed by atoms with van der Waals surface area (Å²) in [6, 6.07) is 9.35. The molecule has 1 N–H and O–H groups in total. The molecule has 26 heavy (non-hydrogen) atoms. The third-order valence-corrected chi connectivity index (χ3v) is 4.55. The zero-order chi connectivity index (χ0) is 19.3. The summed E-state index contributed by atoms with van der Waals surface area (Å²) in [5.41, 5.74) is 0.399. The molecule has 1 aliphatic heterocycles. The van der Waals surface area contributed by atoms with Crippen LogP contribution in [0, 0.1) is 11.3 Å². The van der Waals surface area contributed by atoms with E-state index in [1.165, 1.54) is 4.90 Å². The average Bonchev–Trinajstić information content (AvgIpc) is 2.59. The number of carbonyl (C=O) groups is 3. The van der Waals surface area contributed by atoms with Crippen LogP contribution in [0.1, 0.15) is 39.2 Å². The molecular weight excluding hydrogens is 332 g/mol. The monoisotopic (exact) mass is 360 g/mol. The number of aliphatic carboxylic acids is 1. The van der Waals surface area contributed by atoms with Crippen molar-refractivity contribution in [2.75, 3.05) is 19.6 Å². The Morgan fingerprint density at radius 3 is 2.42 bits per heavy atom. The number of hydrogen-bond donors (Lipinski definition) is 1. The lowest BCUT2D eigenvalue weighted by Gasteiger charge is -2.37. The lowest BCUT2D eigenvalue weighted by molar-refractivity contribution is -0.150. The summed E-state index contributed by atoms with van der Waals surface area (Å²) >= 11 is 0. The average molecular weight is 360 g/mol. The SMILES string of the molecule is CC(C)(C)C(=O)N1CCCC(C(=O)N(CC(=O)O)Cc2ccccc2)C1. The number of amides is 2. The van der Waals surface area contributed by atoms with E-state index < -0.39 is 11.4 Å². The van der Waals surface area contributed by atoms with Gasteiger partial charge in [0.15, 0.2) is 0 Å². The Labute approximate surface area is 154 Å². The molecule has 0 aliphatic carbocycles. The Bertz CT molecular complexity index is 652. The number of carboxylic acid groups (broad SMARTS) is 1. The number of likely N-dealkylation sites (tertiary alicyclic amines) is 1. The number of piperidine rings is 1. The molecule has 0 saturated carbocycles. The van der Waals surface area contributed by atoms with E-state index in [-0.39, 0.29) is 30.8 Å². The Kier molecular flexibility index (Phi) is 6.40. The maximum absolute atomic E-state index is 13.0. The fourth-order valence-corrected chi connectivity index (χ4v) is 3.27. The van der Waals surface area contributed by atoms with Crippen LogP contribution in [0.4, 0.5) is 0 Å². The largest absolute Gasteiger partial charge is 0.480 e. The number of rotatable bonds is 5. The molecule has 1 saturated heterocycles. The maximum atomic E-state index is 13.0. The fourth-order valence-electron chi connectivity index (χ4n) is 3.27. The van der Waals surface area contributed by atoms with Crippen molar-refractivity contribution in [3.63, 3.8) is 0 Å². The van der Waals surface area contributed by atoms with E-state index >= 15 is 0 Å². The van der Waals surface area contributed by atoms with E-state index in [0.717, 1.165) is 12.0 Å². The second kappa shape index (κ2) is 8.34. The second-order valence-electron chi connectivity index (χ2n) is 7.91. The van der Waals surface area contributed by atoms with Gasteiger partial charge in [-0.1, -0.05) is 51.1 Å². The van der Waals surface area contributed by atoms with Gasteiger partial charge in [-0.05, 0) is 18.4 Å². The molecule has 0 radical (unpaired) electrons. The predicted octanol–water partition coefficient (Wildman–Crippen LogP) is 2.38. The summed E-state index contributed by atoms with van der Waals surface area (Å²) in [6.45, 7) is 6.54. The molecule has 1 atom stereocenters. The highest BCUT2D eigenvalue weighted by Crippen LogP contribution is 2.25. The van der Waals surface area contributed by atoms with Crippen molar-refractivity contribution in [3.8, 4) is 0 Å². The van der Waals surface area contributed by atoms with Crippen molar-refractivity contribution in [2.45, 2.75) is 40.2 Å². The first-order valence-corrected chi connectivity index (χ1v) is 9.02. The highest BCUT2D eigenvalue weighted by Gasteiger charge is 2.35. The predicted molar refractivity (Wildman–Crippen MR) is 98.3 cm³/mol. The van der Waals surface area contributed by atoms with Gasteiger partial charge >= 0.3 is 5.97 Å². The molecule has 6 heteroatoms. The van der Waals surface area contributed by atoms with Crippen molar-refractivity contribution >= 4 is 17.8 Å². The first kappa shape index (κ1) is 19.9. The van der Waals surface area contributed by atoms with Crippen LogP contribution in [0.15, 0.2) is 30.3 Å². The molecule has 2 amide bonds. The van der Waals surface area contributed by atoms with Crippen LogP contribution in [0.2, 0.25) is 0 Å². The minimum atomic E-state index is -1.03. The number of carboxylic acids is 1. The van der Waals surface area contributed by atoms with Crippen LogP contribution >= 0.6 is 0 Å². The van der Waals surface area contributed by atoms with Crippen molar-refractivity contribution in [2.24, 2.45) is 11.3 Å². The van der Waals surface area contributed by atoms with Gasteiger partial charge in [0.1, 0.15) is 6.54 Å². The van der Waals surface area contributed by atoms with Gasteiger partial charge < -0.3 is 14.9 Å². The number of carbonyl (C=O) groups excluding carboxylic acids is 2. The summed E-state index contributed by atoms with van der Waals surface area (Å²) < 4.78 is 0. The minimum Gasteiger partial charge on any atom is -0.480 e. The maximum Gasteiger partial charge on any atom is 0.323 e. The van der Waals surface area contributed by atoms with Crippen LogP contribution in [0.3, 0.4) is 0 Å². The van der Waals surface area contributed by atoms with Gasteiger partial charge in [0.2, 0.25) is 11.8 Å². The molecule has 1 aromatic carbocycles. The molecule has 6 nitrogen and oxygen atoms in total. The van der Waals surface area contributed by atoms with Crippen molar-refractivity contribution in [1.29, 1.82) is 0 Å². The van der Waals surface area contributed by atoms with Crippen molar-refractivity contribution < 1.29 is 19.5 Å². The molecule has 1 aromatic rings. The lowest BCUT2D eigenvalue weighted by atomic mass is 9.90. The van der Waals surface area contributed by atoms with E-state index in [1.807, 2.05) is 51.1 Å². The minimum absolute atomic E-state index is 0.0304. The van der Waals surface area contributed by atoms with Gasteiger partial charge in [-0.15, -0.1) is 0 Å². The molecule has 1 heterocycles. The van der Waals surface area contributed by atoms with E-state index in [4.69, 9.17) is 0 Å². The third-order valence-electron chi connectivity index (χ3n) is 4.55. The van der Waals surface area contributed by atoms with E-state index in [9.17, 15) is 19.5 Å². The van der Waals surface area contributed by atoms with Crippen molar-refractivity contribution in [1.82, 2.24) is 9.80 Å². The standard InChI is InChI=1S/C20H28N2O4/c1-20(2,3)19(26)21-11-7-10-16(13-21)18(25)22(14-17(23)24)12-15-8-5-4-6-9-15/h4-6,8-9,16H,7,10-14H2,1-3H3,(H,23,24). The summed E-state index contributed by atoms with van der Waals surface area (Å²) in [4.78, 5) is 39.9. The molecule has 0 spiro atoms. The summed E-state index contributed by atoms with van der Waals surface area (Å²) in [6.07, 6.45) is 1.43. The fraction of sp³-hybridized carbons (Fsp3) is 0.550. The quantitative estimate of drug-likeness (QED) is 0.874. The molecular formula is C20H28N2O4. The number of benzene rings is 1. The van der Waals surface area contributed by atoms with Gasteiger partial charge in [-0.25, -0.2) is 0 Å². The molecule has 1 fully saturated rings. The molecule has 142 valence electrons. The first-order valence-electron chi connectivity index (χ1n) is 9.02. The molecule has 0 bridgehead atoms. The van der Waals surface area contributed by atoms with Crippen LogP contribution in [-0.2, 0) is 20.9 Å². The van der Waals surface area contributed by atoms with E-state index in [1.54, 1.807) is 4.90 Å². The second-order valence-corrected chi connectivity index (χ2v) is 7.91. The smallest absolute Gasteiger partial charge is 0.323 e. The number of nitrogens with zero attached hydrogens (tertiary/aromatic N) is 2. The highest BCUT2D eigenvalue weighted by molar-refractivity contribution is 5.85. The van der Waals surface area contributed by atoms with Gasteiger partial charge in [-0.3, -0.25) is 14.4 Å². The van der Waals surface area contributed by atoms with Crippen molar-refractivity contribution in [3.05, 3.63) is 35.9 Å². The Morgan fingerprint density at radius 1 is 1.19 bits per heavy atom. The zero-order valence-corrected chi connectivity index (χ0v) is 15.8. The van der Waals surface area contributed by atoms with Gasteiger partial charge in [0, 0.05) is 25.0 Å². The highest BCUT2D eigenvalue weighted by atomic mass is 16.4. The first-order chi connectivity index (χ1) is 12.2. The number of hydrogen-bond acceptors (Lipinski definition) is 3. The molecule has 2 rings (SSSR count). The van der Waals surface area contributed by atoms with Crippen LogP contribution < -0.4 is 0 Å². The molecule has 0 aromatic heterocycles. The Morgan fingerprint density at radius 2 is 1.85 bits per heavy atom. The van der Waals surface area contributed by atoms with Crippen LogP contribution in [0.25, 0.3) is 0 Å². The third kappa shape index (κ3) is 5.31. The topological polar surface area (TPSA) is 77.9 Å². The van der Waals surface area contributed by atoms with Gasteiger partial charge in [-0.2, -0.15) is 0 Å². The van der Waals surface area contributed by atoms with Gasteiger partial charge in [0.25, 0.3) is 0 Å². The zero-order valence-electron chi connectivity index (χ0n) is 15.8. The van der Waals surface area contributed by atoms with E-state index in [0.29, 0.717) is 19.5 Å². The Balaban J connectivity index is 2.11. The molecule has 1 unspecified atom stereocenters. The van der Waals surface area contributed by atoms with Crippen LogP contribution in [-0.4, -0.2) is 52.3 Å². The summed E-state index contributed by atoms with van der Waals surface area (Å²) in [5.74, 6) is -1.55. The Hall–Kier alpha value is -2.37. The van der Waals surface area contributed by atoms with Crippen LogP contribution in [0.5, 0.6) is 0 Å². The lowest BCUT2D eigenvalue weighted by Crippen LogP contribution is -2.50. The normalized spacial score (nSPS) is 17.7.